The summed E-state index contributed by atoms with van der Waals surface area (Å²) >= 11 is 5.83. The normalized spacial score (nSPS) is 12.3. The van der Waals surface area contributed by atoms with Gasteiger partial charge in [0.2, 0.25) is 0 Å². The van der Waals surface area contributed by atoms with E-state index in [-0.39, 0.29) is 23.7 Å². The maximum Gasteiger partial charge on any atom is 0.309 e. The Kier molecular flexibility index (Phi) is 6.96. The zero-order valence-corrected chi connectivity index (χ0v) is 17.3. The van der Waals surface area contributed by atoms with Crippen LogP contribution in [0, 0.1) is 0 Å². The van der Waals surface area contributed by atoms with Gasteiger partial charge in [-0.3, -0.25) is 9.59 Å². The van der Waals surface area contributed by atoms with E-state index in [0.717, 1.165) is 0 Å². The quantitative estimate of drug-likeness (QED) is 0.509. The summed E-state index contributed by atoms with van der Waals surface area (Å²) in [5.74, 6) is -1.01. The van der Waals surface area contributed by atoms with Crippen molar-refractivity contribution in [3.05, 3.63) is 77.6 Å². The van der Waals surface area contributed by atoms with E-state index in [1.54, 1.807) is 18.2 Å². The number of halogens is 1. The average Bonchev–Trinajstić information content (AvgIpc) is 3.42. The molecule has 158 valence electrons. The first-order valence-electron chi connectivity index (χ1n) is 8.99. The summed E-state index contributed by atoms with van der Waals surface area (Å²) in [6, 6.07) is 12.2. The van der Waals surface area contributed by atoms with Crippen molar-refractivity contribution in [1.82, 2.24) is 10.6 Å². The van der Waals surface area contributed by atoms with E-state index in [0.29, 0.717) is 17.2 Å². The predicted octanol–water partition coefficient (Wildman–Crippen LogP) is 2.52. The maximum absolute atomic E-state index is 13.1. The molecule has 0 unspecified atom stereocenters. The van der Waals surface area contributed by atoms with E-state index in [1.807, 2.05) is 0 Å². The minimum Gasteiger partial charge on any atom is -0.469 e. The van der Waals surface area contributed by atoms with Crippen molar-refractivity contribution in [3.63, 3.8) is 0 Å². The fraction of sp³-hybridized carbons (Fsp3) is 0.200. The lowest BCUT2D eigenvalue weighted by molar-refractivity contribution is -0.139. The topological polar surface area (TPSA) is 119 Å². The van der Waals surface area contributed by atoms with E-state index < -0.39 is 26.9 Å². The van der Waals surface area contributed by atoms with Crippen molar-refractivity contribution in [1.29, 1.82) is 0 Å². The molecule has 30 heavy (non-hydrogen) atoms. The van der Waals surface area contributed by atoms with Crippen LogP contribution >= 0.6 is 11.6 Å². The summed E-state index contributed by atoms with van der Waals surface area (Å²) < 4.78 is 36.5. The third kappa shape index (κ3) is 5.31. The number of nitrogens with one attached hydrogen (secondary N) is 2. The molecule has 0 radical (unpaired) electrons. The predicted molar refractivity (Wildman–Crippen MR) is 109 cm³/mol. The molecule has 0 spiro atoms. The Morgan fingerprint density at radius 1 is 0.933 bits per heavy atom. The molecule has 3 rings (SSSR count). The second-order valence-electron chi connectivity index (χ2n) is 6.30. The van der Waals surface area contributed by atoms with Gasteiger partial charge >= 0.3 is 11.8 Å². The SMILES string of the molecule is O=C(NCCc1ccco1)C(=O)NC[C@@H](c1ccco1)S(=O)(=O)c1ccc(Cl)cc1. The first-order valence-corrected chi connectivity index (χ1v) is 10.9. The molecule has 1 atom stereocenters. The highest BCUT2D eigenvalue weighted by molar-refractivity contribution is 7.91. The smallest absolute Gasteiger partial charge is 0.309 e. The highest BCUT2D eigenvalue weighted by Gasteiger charge is 2.32. The Bertz CT molecular complexity index is 1080. The zero-order valence-electron chi connectivity index (χ0n) is 15.7. The van der Waals surface area contributed by atoms with Crippen LogP contribution in [0.4, 0.5) is 0 Å². The third-order valence-electron chi connectivity index (χ3n) is 4.27. The van der Waals surface area contributed by atoms with Gasteiger partial charge in [0, 0.05) is 24.5 Å². The van der Waals surface area contributed by atoms with E-state index in [1.165, 1.54) is 42.9 Å². The third-order valence-corrected chi connectivity index (χ3v) is 6.60. The van der Waals surface area contributed by atoms with Crippen molar-refractivity contribution in [2.45, 2.75) is 16.6 Å². The molecule has 0 saturated heterocycles. The largest absolute Gasteiger partial charge is 0.469 e. The van der Waals surface area contributed by atoms with Crippen LogP contribution in [0.3, 0.4) is 0 Å². The Morgan fingerprint density at radius 2 is 1.60 bits per heavy atom. The summed E-state index contributed by atoms with van der Waals surface area (Å²) in [6.45, 7) is -0.145. The number of hydrogen-bond acceptors (Lipinski definition) is 6. The summed E-state index contributed by atoms with van der Waals surface area (Å²) in [7, 11) is -3.92. The molecule has 0 fully saturated rings. The van der Waals surface area contributed by atoms with Gasteiger partial charge in [0.15, 0.2) is 9.84 Å². The first-order chi connectivity index (χ1) is 14.4. The number of rotatable bonds is 8. The standard InChI is InChI=1S/C20H19ClN2O6S/c21-14-5-7-16(8-6-14)30(26,27)18(17-4-2-12-29-17)13-23-20(25)19(24)22-10-9-15-3-1-11-28-15/h1-8,11-12,18H,9-10,13H2,(H,22,24)(H,23,25)/t18-/m0/s1. The molecule has 0 aliphatic rings. The zero-order chi connectivity index (χ0) is 21.6. The average molecular weight is 451 g/mol. The molecule has 0 saturated carbocycles. The van der Waals surface area contributed by atoms with Crippen LogP contribution in [0.15, 0.2) is 74.8 Å². The highest BCUT2D eigenvalue weighted by atomic mass is 35.5. The van der Waals surface area contributed by atoms with E-state index in [2.05, 4.69) is 10.6 Å². The monoisotopic (exact) mass is 450 g/mol. The molecule has 0 aliphatic carbocycles. The number of hydrogen-bond donors (Lipinski definition) is 2. The molecule has 8 nitrogen and oxygen atoms in total. The van der Waals surface area contributed by atoms with Crippen LogP contribution in [0.1, 0.15) is 16.8 Å². The lowest BCUT2D eigenvalue weighted by Gasteiger charge is -2.16. The van der Waals surface area contributed by atoms with Crippen LogP contribution in [-0.4, -0.2) is 33.3 Å². The Morgan fingerprint density at radius 3 is 2.23 bits per heavy atom. The summed E-state index contributed by atoms with van der Waals surface area (Å²) in [5, 5.41) is 4.00. The van der Waals surface area contributed by atoms with E-state index in [9.17, 15) is 18.0 Å². The van der Waals surface area contributed by atoms with Gasteiger partial charge in [0.25, 0.3) is 0 Å². The molecule has 3 aromatic rings. The van der Waals surface area contributed by atoms with Gasteiger partial charge in [0.05, 0.1) is 17.4 Å². The van der Waals surface area contributed by atoms with Crippen molar-refractivity contribution in [2.24, 2.45) is 0 Å². The van der Waals surface area contributed by atoms with Gasteiger partial charge in [-0.15, -0.1) is 0 Å². The molecule has 1 aromatic carbocycles. The molecule has 0 bridgehead atoms. The Labute approximate surface area is 178 Å². The number of carbonyl (C=O) groups excluding carboxylic acids is 2. The van der Waals surface area contributed by atoms with E-state index >= 15 is 0 Å². The van der Waals surface area contributed by atoms with E-state index in [4.69, 9.17) is 20.4 Å². The number of amides is 2. The van der Waals surface area contributed by atoms with Crippen molar-refractivity contribution in [2.75, 3.05) is 13.1 Å². The molecule has 2 aromatic heterocycles. The molecular formula is C20H19ClN2O6S. The molecule has 2 N–H and O–H groups in total. The molecule has 2 heterocycles. The maximum atomic E-state index is 13.1. The van der Waals surface area contributed by atoms with Gasteiger partial charge in [-0.2, -0.15) is 0 Å². The fourth-order valence-electron chi connectivity index (χ4n) is 2.73. The van der Waals surface area contributed by atoms with Crippen molar-refractivity contribution < 1.29 is 26.8 Å². The van der Waals surface area contributed by atoms with Crippen molar-refractivity contribution in [3.8, 4) is 0 Å². The van der Waals surface area contributed by atoms with Crippen LogP contribution in [0.2, 0.25) is 5.02 Å². The minimum absolute atomic E-state index is 0.0189. The summed E-state index contributed by atoms with van der Waals surface area (Å²) in [5.41, 5.74) is 0. The number of sulfone groups is 1. The first kappa shape index (κ1) is 21.7. The lowest BCUT2D eigenvalue weighted by Crippen LogP contribution is -2.42. The molecular weight excluding hydrogens is 432 g/mol. The number of furan rings is 2. The number of carbonyl (C=O) groups is 2. The second kappa shape index (κ2) is 9.64. The molecule has 0 aliphatic heterocycles. The van der Waals surface area contributed by atoms with Crippen LogP contribution in [0.5, 0.6) is 0 Å². The van der Waals surface area contributed by atoms with Gasteiger partial charge in [0.1, 0.15) is 16.8 Å². The number of benzene rings is 1. The van der Waals surface area contributed by atoms with Gasteiger partial charge in [-0.25, -0.2) is 8.42 Å². The fourth-order valence-corrected chi connectivity index (χ4v) is 4.44. The van der Waals surface area contributed by atoms with Crippen LogP contribution in [-0.2, 0) is 25.8 Å². The van der Waals surface area contributed by atoms with Crippen molar-refractivity contribution >= 4 is 33.3 Å². The Balaban J connectivity index is 1.65. The molecule has 10 heteroatoms. The van der Waals surface area contributed by atoms with Crippen LogP contribution in [0.25, 0.3) is 0 Å². The molecule has 2 amide bonds. The lowest BCUT2D eigenvalue weighted by atomic mass is 10.3. The van der Waals surface area contributed by atoms with Crippen LogP contribution < -0.4 is 10.6 Å². The van der Waals surface area contributed by atoms with Gasteiger partial charge in [-0.1, -0.05) is 11.6 Å². The Hall–Kier alpha value is -3.04. The summed E-state index contributed by atoms with van der Waals surface area (Å²) in [4.78, 5) is 24.1. The van der Waals surface area contributed by atoms with Gasteiger partial charge in [-0.05, 0) is 48.5 Å². The highest BCUT2D eigenvalue weighted by Crippen LogP contribution is 2.29. The second-order valence-corrected chi connectivity index (χ2v) is 8.87. The summed E-state index contributed by atoms with van der Waals surface area (Å²) in [6.07, 6.45) is 3.27. The van der Waals surface area contributed by atoms with Gasteiger partial charge < -0.3 is 19.5 Å². The minimum atomic E-state index is -3.92.